The zero-order valence-electron chi connectivity index (χ0n) is 7.53. The largest absolute Gasteiger partial charge is 0.507 e. The van der Waals surface area contributed by atoms with Crippen LogP contribution in [0.2, 0.25) is 0 Å². The van der Waals surface area contributed by atoms with E-state index in [4.69, 9.17) is 10.5 Å². The van der Waals surface area contributed by atoms with Gasteiger partial charge in [-0.3, -0.25) is 0 Å². The van der Waals surface area contributed by atoms with Crippen molar-refractivity contribution in [3.8, 4) is 11.5 Å². The average Bonchev–Trinajstić information content (AvgIpc) is 2.15. The van der Waals surface area contributed by atoms with Crippen LogP contribution in [0.3, 0.4) is 0 Å². The quantitative estimate of drug-likeness (QED) is 0.736. The molecule has 0 saturated heterocycles. The lowest BCUT2D eigenvalue weighted by molar-refractivity contribution is 0.406. The van der Waals surface area contributed by atoms with Gasteiger partial charge in [-0.15, -0.1) is 0 Å². The molecule has 3 heteroatoms. The molecule has 70 valence electrons. The second kappa shape index (κ2) is 4.52. The number of rotatable bonds is 3. The zero-order chi connectivity index (χ0) is 9.68. The summed E-state index contributed by atoms with van der Waals surface area (Å²) in [7, 11) is 1.56. The molecule has 0 amide bonds. The summed E-state index contributed by atoms with van der Waals surface area (Å²) in [6.07, 6.45) is 3.51. The summed E-state index contributed by atoms with van der Waals surface area (Å²) in [5.74, 6) is 0.841. The highest BCUT2D eigenvalue weighted by molar-refractivity contribution is 5.63. The van der Waals surface area contributed by atoms with Crippen LogP contribution < -0.4 is 10.5 Å². The first kappa shape index (κ1) is 9.61. The van der Waals surface area contributed by atoms with Crippen molar-refractivity contribution in [2.75, 3.05) is 13.7 Å². The van der Waals surface area contributed by atoms with Crippen molar-refractivity contribution in [1.82, 2.24) is 0 Å². The first-order valence-electron chi connectivity index (χ1n) is 4.02. The first-order chi connectivity index (χ1) is 6.29. The van der Waals surface area contributed by atoms with E-state index in [-0.39, 0.29) is 5.75 Å². The van der Waals surface area contributed by atoms with Gasteiger partial charge < -0.3 is 15.6 Å². The Morgan fingerprint density at radius 3 is 2.92 bits per heavy atom. The SMILES string of the molecule is COc1cccc(O)c1/C=C/CN. The molecular weight excluding hydrogens is 166 g/mol. The Hall–Kier alpha value is -1.48. The van der Waals surface area contributed by atoms with E-state index in [0.717, 1.165) is 0 Å². The van der Waals surface area contributed by atoms with Crippen molar-refractivity contribution in [2.24, 2.45) is 5.73 Å². The number of methoxy groups -OCH3 is 1. The molecule has 3 N–H and O–H groups in total. The predicted molar refractivity (Wildman–Crippen MR) is 52.7 cm³/mol. The first-order valence-corrected chi connectivity index (χ1v) is 4.02. The summed E-state index contributed by atoms with van der Waals surface area (Å²) < 4.78 is 5.07. The van der Waals surface area contributed by atoms with Gasteiger partial charge in [0.25, 0.3) is 0 Å². The van der Waals surface area contributed by atoms with Gasteiger partial charge in [0.05, 0.1) is 12.7 Å². The molecule has 0 aliphatic rings. The lowest BCUT2D eigenvalue weighted by Gasteiger charge is -2.05. The van der Waals surface area contributed by atoms with E-state index in [1.54, 1.807) is 37.5 Å². The third kappa shape index (κ3) is 2.23. The molecule has 0 spiro atoms. The van der Waals surface area contributed by atoms with Crippen LogP contribution in [0.1, 0.15) is 5.56 Å². The van der Waals surface area contributed by atoms with Crippen LogP contribution in [-0.4, -0.2) is 18.8 Å². The number of nitrogens with two attached hydrogens (primary N) is 1. The Morgan fingerprint density at radius 2 is 2.31 bits per heavy atom. The normalized spacial score (nSPS) is 10.6. The minimum atomic E-state index is 0.198. The maximum atomic E-state index is 9.48. The average molecular weight is 179 g/mol. The summed E-state index contributed by atoms with van der Waals surface area (Å²) in [6, 6.07) is 5.13. The summed E-state index contributed by atoms with van der Waals surface area (Å²) in [5, 5.41) is 9.48. The van der Waals surface area contributed by atoms with Gasteiger partial charge in [0.15, 0.2) is 0 Å². The van der Waals surface area contributed by atoms with Gasteiger partial charge >= 0.3 is 0 Å². The number of ether oxygens (including phenoxy) is 1. The van der Waals surface area contributed by atoms with E-state index in [9.17, 15) is 5.11 Å². The predicted octanol–water partition coefficient (Wildman–Crippen LogP) is 1.37. The second-order valence-electron chi connectivity index (χ2n) is 2.53. The van der Waals surface area contributed by atoms with Crippen LogP contribution >= 0.6 is 0 Å². The number of aromatic hydroxyl groups is 1. The highest BCUT2D eigenvalue weighted by Gasteiger charge is 2.03. The van der Waals surface area contributed by atoms with Crippen LogP contribution in [0.5, 0.6) is 11.5 Å². The molecule has 1 aromatic carbocycles. The van der Waals surface area contributed by atoms with Crippen LogP contribution in [0.25, 0.3) is 6.08 Å². The molecule has 1 rings (SSSR count). The van der Waals surface area contributed by atoms with Crippen molar-refractivity contribution < 1.29 is 9.84 Å². The van der Waals surface area contributed by atoms with E-state index in [1.807, 2.05) is 0 Å². The third-order valence-corrected chi connectivity index (χ3v) is 1.68. The Bertz CT molecular complexity index is 308. The number of hydrogen-bond donors (Lipinski definition) is 2. The van der Waals surface area contributed by atoms with Crippen LogP contribution in [0.4, 0.5) is 0 Å². The molecule has 13 heavy (non-hydrogen) atoms. The molecule has 0 heterocycles. The Labute approximate surface area is 77.4 Å². The summed E-state index contributed by atoms with van der Waals surface area (Å²) in [6.45, 7) is 0.442. The lowest BCUT2D eigenvalue weighted by Crippen LogP contribution is -1.93. The van der Waals surface area contributed by atoms with Gasteiger partial charge in [-0.25, -0.2) is 0 Å². The van der Waals surface area contributed by atoms with Gasteiger partial charge in [-0.05, 0) is 12.1 Å². The summed E-state index contributed by atoms with van der Waals surface area (Å²) in [4.78, 5) is 0. The maximum Gasteiger partial charge on any atom is 0.129 e. The molecule has 0 bridgehead atoms. The highest BCUT2D eigenvalue weighted by Crippen LogP contribution is 2.28. The molecule has 1 aromatic rings. The Balaban J connectivity index is 3.07. The van der Waals surface area contributed by atoms with E-state index < -0.39 is 0 Å². The van der Waals surface area contributed by atoms with E-state index in [0.29, 0.717) is 17.9 Å². The molecule has 0 fully saturated rings. The highest BCUT2D eigenvalue weighted by atomic mass is 16.5. The fourth-order valence-electron chi connectivity index (χ4n) is 1.06. The number of hydrogen-bond acceptors (Lipinski definition) is 3. The number of benzene rings is 1. The fraction of sp³-hybridized carbons (Fsp3) is 0.200. The van der Waals surface area contributed by atoms with Gasteiger partial charge in [-0.1, -0.05) is 18.2 Å². The van der Waals surface area contributed by atoms with Crippen molar-refractivity contribution >= 4 is 6.08 Å². The Morgan fingerprint density at radius 1 is 1.54 bits per heavy atom. The monoisotopic (exact) mass is 179 g/mol. The van der Waals surface area contributed by atoms with Crippen LogP contribution in [-0.2, 0) is 0 Å². The smallest absolute Gasteiger partial charge is 0.129 e. The fourth-order valence-corrected chi connectivity index (χ4v) is 1.06. The minimum Gasteiger partial charge on any atom is -0.507 e. The lowest BCUT2D eigenvalue weighted by atomic mass is 10.1. The molecule has 0 aliphatic heterocycles. The molecule has 0 aromatic heterocycles. The molecule has 0 unspecified atom stereocenters. The zero-order valence-corrected chi connectivity index (χ0v) is 7.53. The number of phenols is 1. The topological polar surface area (TPSA) is 55.5 Å². The Kier molecular flexibility index (Phi) is 3.34. The third-order valence-electron chi connectivity index (χ3n) is 1.68. The van der Waals surface area contributed by atoms with E-state index in [1.165, 1.54) is 0 Å². The summed E-state index contributed by atoms with van der Waals surface area (Å²) >= 11 is 0. The number of phenolic OH excluding ortho intramolecular Hbond substituents is 1. The van der Waals surface area contributed by atoms with Gasteiger partial charge in [-0.2, -0.15) is 0 Å². The molecule has 0 aliphatic carbocycles. The standard InChI is InChI=1S/C10H13NO2/c1-13-10-6-2-5-9(12)8(10)4-3-7-11/h2-6,12H,7,11H2,1H3/b4-3+. The molecule has 0 saturated carbocycles. The molecule has 0 radical (unpaired) electrons. The summed E-state index contributed by atoms with van der Waals surface area (Å²) in [5.41, 5.74) is 5.97. The van der Waals surface area contributed by atoms with Crippen molar-refractivity contribution in [2.45, 2.75) is 0 Å². The maximum absolute atomic E-state index is 9.48. The van der Waals surface area contributed by atoms with Gasteiger partial charge in [0.1, 0.15) is 11.5 Å². The van der Waals surface area contributed by atoms with Crippen molar-refractivity contribution in [1.29, 1.82) is 0 Å². The van der Waals surface area contributed by atoms with Gasteiger partial charge in [0.2, 0.25) is 0 Å². The van der Waals surface area contributed by atoms with E-state index in [2.05, 4.69) is 0 Å². The van der Waals surface area contributed by atoms with Crippen molar-refractivity contribution in [3.63, 3.8) is 0 Å². The van der Waals surface area contributed by atoms with Crippen molar-refractivity contribution in [3.05, 3.63) is 29.8 Å². The molecular formula is C10H13NO2. The molecule has 3 nitrogen and oxygen atoms in total. The van der Waals surface area contributed by atoms with Crippen LogP contribution in [0.15, 0.2) is 24.3 Å². The van der Waals surface area contributed by atoms with Gasteiger partial charge in [0, 0.05) is 6.54 Å². The second-order valence-corrected chi connectivity index (χ2v) is 2.53. The minimum absolute atomic E-state index is 0.198. The molecule has 0 atom stereocenters. The van der Waals surface area contributed by atoms with E-state index >= 15 is 0 Å². The van der Waals surface area contributed by atoms with Crippen LogP contribution in [0, 0.1) is 0 Å².